The van der Waals surface area contributed by atoms with Crippen molar-refractivity contribution in [3.63, 3.8) is 0 Å². The van der Waals surface area contributed by atoms with E-state index in [0.717, 1.165) is 16.8 Å². The first-order chi connectivity index (χ1) is 14.8. The maximum Gasteiger partial charge on any atom is 0.253 e. The second kappa shape index (κ2) is 8.14. The molecule has 0 saturated heterocycles. The molecule has 2 aromatic rings. The van der Waals surface area contributed by atoms with E-state index in [-0.39, 0.29) is 5.91 Å². The zero-order valence-electron chi connectivity index (χ0n) is 18.1. The summed E-state index contributed by atoms with van der Waals surface area (Å²) in [6.07, 6.45) is -0.525. The molecule has 2 N–H and O–H groups in total. The number of amides is 1. The van der Waals surface area contributed by atoms with Crippen LogP contribution >= 0.6 is 0 Å². The Bertz CT molecular complexity index is 1070. The van der Waals surface area contributed by atoms with Gasteiger partial charge in [-0.05, 0) is 29.8 Å². The second-order valence-electron chi connectivity index (χ2n) is 7.78. The molecule has 1 amide bonds. The van der Waals surface area contributed by atoms with Crippen molar-refractivity contribution in [3.8, 4) is 0 Å². The van der Waals surface area contributed by atoms with Crippen molar-refractivity contribution in [1.29, 1.82) is 0 Å². The summed E-state index contributed by atoms with van der Waals surface area (Å²) in [6.45, 7) is 0.555. The van der Waals surface area contributed by atoms with E-state index in [2.05, 4.69) is 5.10 Å². The topological polar surface area (TPSA) is 86.8 Å². The average molecular weight is 419 g/mol. The van der Waals surface area contributed by atoms with E-state index < -0.39 is 6.23 Å². The largest absolute Gasteiger partial charge is 0.444 e. The molecule has 0 radical (unpaired) electrons. The predicted octanol–water partition coefficient (Wildman–Crippen LogP) is 1.90. The third kappa shape index (κ3) is 3.96. The Labute approximate surface area is 181 Å². The minimum absolute atomic E-state index is 0.0364. The molecular weight excluding hydrogens is 392 g/mol. The van der Waals surface area contributed by atoms with Crippen molar-refractivity contribution in [2.45, 2.75) is 6.23 Å². The van der Waals surface area contributed by atoms with Gasteiger partial charge in [-0.1, -0.05) is 30.3 Å². The third-order valence-electron chi connectivity index (χ3n) is 5.25. The molecule has 160 valence electrons. The van der Waals surface area contributed by atoms with Crippen LogP contribution < -0.4 is 5.73 Å². The predicted molar refractivity (Wildman–Crippen MR) is 120 cm³/mol. The fraction of sp³-hybridized carbons (Fsp3) is 0.261. The van der Waals surface area contributed by atoms with Gasteiger partial charge in [-0.25, -0.2) is 4.99 Å². The van der Waals surface area contributed by atoms with E-state index in [1.165, 1.54) is 0 Å². The average Bonchev–Trinajstić information content (AvgIpc) is 3.17. The molecule has 1 unspecified atom stereocenters. The van der Waals surface area contributed by atoms with Crippen molar-refractivity contribution in [2.75, 3.05) is 34.7 Å². The molecule has 0 saturated carbocycles. The molecule has 0 fully saturated rings. The molecule has 8 heteroatoms. The highest BCUT2D eigenvalue weighted by Crippen LogP contribution is 2.27. The lowest BCUT2D eigenvalue weighted by molar-refractivity contribution is 0.0827. The number of carbonyl (C=O) groups excluding carboxylic acids is 1. The zero-order valence-corrected chi connectivity index (χ0v) is 18.1. The molecule has 0 spiro atoms. The van der Waals surface area contributed by atoms with Crippen molar-refractivity contribution in [2.24, 2.45) is 15.8 Å². The quantitative estimate of drug-likeness (QED) is 0.820. The normalized spacial score (nSPS) is 18.5. The van der Waals surface area contributed by atoms with Crippen LogP contribution in [0.1, 0.15) is 21.5 Å². The molecule has 0 aliphatic carbocycles. The lowest BCUT2D eigenvalue weighted by atomic mass is 10.0. The SMILES string of the molecule is CN(C)C(=O)c1ccc(C2=NC(C3OC(c4ccccc4)=NN3C)=C(N)N(C)C2)cc1. The fourth-order valence-electron chi connectivity index (χ4n) is 3.48. The number of likely N-dealkylation sites (N-methyl/N-ethyl adjacent to an activating group) is 2. The molecule has 31 heavy (non-hydrogen) atoms. The highest BCUT2D eigenvalue weighted by Gasteiger charge is 2.34. The van der Waals surface area contributed by atoms with Crippen LogP contribution in [0.3, 0.4) is 0 Å². The summed E-state index contributed by atoms with van der Waals surface area (Å²) in [4.78, 5) is 20.5. The van der Waals surface area contributed by atoms with Gasteiger partial charge in [0.1, 0.15) is 11.5 Å². The Morgan fingerprint density at radius 1 is 1.06 bits per heavy atom. The number of hydrogen-bond donors (Lipinski definition) is 1. The third-order valence-corrected chi connectivity index (χ3v) is 5.25. The molecule has 8 nitrogen and oxygen atoms in total. The Morgan fingerprint density at radius 3 is 2.39 bits per heavy atom. The Kier molecular flexibility index (Phi) is 5.37. The number of nitrogens with zero attached hydrogens (tertiary/aromatic N) is 5. The van der Waals surface area contributed by atoms with Crippen LogP contribution in [-0.2, 0) is 4.74 Å². The Morgan fingerprint density at radius 2 is 1.74 bits per heavy atom. The molecule has 0 aromatic heterocycles. The number of nitrogens with two attached hydrogens (primary N) is 1. The summed E-state index contributed by atoms with van der Waals surface area (Å²) in [6, 6.07) is 17.2. The summed E-state index contributed by atoms with van der Waals surface area (Å²) in [7, 11) is 7.23. The van der Waals surface area contributed by atoms with Gasteiger partial charge in [0.05, 0.1) is 12.3 Å². The van der Waals surface area contributed by atoms with Gasteiger partial charge in [0.2, 0.25) is 12.1 Å². The molecule has 1 atom stereocenters. The highest BCUT2D eigenvalue weighted by molar-refractivity contribution is 6.04. The first kappa shape index (κ1) is 20.5. The lowest BCUT2D eigenvalue weighted by Gasteiger charge is -2.30. The molecule has 2 heterocycles. The van der Waals surface area contributed by atoms with E-state index in [4.69, 9.17) is 15.5 Å². The molecular formula is C23H26N6O2. The molecule has 2 aliphatic heterocycles. The smallest absolute Gasteiger partial charge is 0.253 e. The first-order valence-electron chi connectivity index (χ1n) is 9.99. The van der Waals surface area contributed by atoms with Crippen LogP contribution in [0.15, 0.2) is 76.2 Å². The Hall–Kier alpha value is -3.81. The summed E-state index contributed by atoms with van der Waals surface area (Å²) >= 11 is 0. The zero-order chi connectivity index (χ0) is 22.1. The van der Waals surface area contributed by atoms with Gasteiger partial charge >= 0.3 is 0 Å². The fourth-order valence-corrected chi connectivity index (χ4v) is 3.48. The van der Waals surface area contributed by atoms with Gasteiger partial charge < -0.3 is 20.3 Å². The minimum atomic E-state index is -0.525. The van der Waals surface area contributed by atoms with Crippen LogP contribution in [0.5, 0.6) is 0 Å². The van der Waals surface area contributed by atoms with Gasteiger partial charge in [0.15, 0.2) is 0 Å². The number of ether oxygens (including phenoxy) is 1. The van der Waals surface area contributed by atoms with Crippen LogP contribution in [0.2, 0.25) is 0 Å². The van der Waals surface area contributed by atoms with Crippen molar-refractivity contribution in [1.82, 2.24) is 14.8 Å². The van der Waals surface area contributed by atoms with E-state index in [1.807, 2.05) is 73.6 Å². The summed E-state index contributed by atoms with van der Waals surface area (Å²) < 4.78 is 6.13. The number of aliphatic imine (C=N–C) groups is 1. The standard InChI is InChI=1S/C23H26N6O2/c1-27(2)22(30)17-12-10-15(11-13-17)18-14-28(3)20(24)19(25-18)23-29(4)26-21(31-23)16-8-6-5-7-9-16/h5-13,23H,14,24H2,1-4H3. The van der Waals surface area contributed by atoms with E-state index >= 15 is 0 Å². The van der Waals surface area contributed by atoms with Gasteiger partial charge in [0.25, 0.3) is 5.91 Å². The molecule has 0 bridgehead atoms. The lowest BCUT2D eigenvalue weighted by Crippen LogP contribution is -2.39. The number of carbonyl (C=O) groups is 1. The van der Waals surface area contributed by atoms with Crippen molar-refractivity contribution >= 4 is 17.5 Å². The highest BCUT2D eigenvalue weighted by atomic mass is 16.5. The molecule has 2 aliphatic rings. The van der Waals surface area contributed by atoms with Gasteiger partial charge in [-0.3, -0.25) is 9.80 Å². The van der Waals surface area contributed by atoms with Gasteiger partial charge in [-0.2, -0.15) is 0 Å². The maximum absolute atomic E-state index is 12.2. The van der Waals surface area contributed by atoms with E-state index in [1.54, 1.807) is 24.0 Å². The number of hydrogen-bond acceptors (Lipinski definition) is 7. The van der Waals surface area contributed by atoms with Crippen molar-refractivity contribution < 1.29 is 9.53 Å². The van der Waals surface area contributed by atoms with Crippen LogP contribution in [0, 0.1) is 0 Å². The van der Waals surface area contributed by atoms with Crippen LogP contribution in [0.4, 0.5) is 0 Å². The Balaban J connectivity index is 1.61. The van der Waals surface area contributed by atoms with Gasteiger partial charge in [0, 0.05) is 39.3 Å². The van der Waals surface area contributed by atoms with Gasteiger partial charge in [-0.15, -0.1) is 5.10 Å². The second-order valence-corrected chi connectivity index (χ2v) is 7.78. The number of benzene rings is 2. The number of hydrazone groups is 1. The summed E-state index contributed by atoms with van der Waals surface area (Å²) in [5, 5.41) is 6.25. The summed E-state index contributed by atoms with van der Waals surface area (Å²) in [5.41, 5.74) is 10.3. The van der Waals surface area contributed by atoms with Crippen LogP contribution in [-0.4, -0.2) is 73.3 Å². The molecule has 4 rings (SSSR count). The monoisotopic (exact) mass is 418 g/mol. The first-order valence-corrected chi connectivity index (χ1v) is 9.99. The maximum atomic E-state index is 12.2. The van der Waals surface area contributed by atoms with Crippen molar-refractivity contribution in [3.05, 3.63) is 82.8 Å². The van der Waals surface area contributed by atoms with Crippen LogP contribution in [0.25, 0.3) is 0 Å². The van der Waals surface area contributed by atoms with E-state index in [0.29, 0.717) is 29.5 Å². The number of rotatable bonds is 4. The minimum Gasteiger partial charge on any atom is -0.444 e. The van der Waals surface area contributed by atoms with E-state index in [9.17, 15) is 4.79 Å². The summed E-state index contributed by atoms with van der Waals surface area (Å²) in [5.74, 6) is 1.04. The molecule has 2 aromatic carbocycles.